The molecule has 2 saturated heterocycles. The van der Waals surface area contributed by atoms with Gasteiger partial charge in [-0.2, -0.15) is 0 Å². The molecule has 0 aromatic heterocycles. The molecule has 9 heteroatoms. The number of hydrogen-bond donors (Lipinski definition) is 0. The molecule has 2 amide bonds. The lowest BCUT2D eigenvalue weighted by atomic mass is 10.4. The van der Waals surface area contributed by atoms with E-state index in [-0.39, 0.29) is 25.0 Å². The number of ether oxygens (including phenoxy) is 1. The van der Waals surface area contributed by atoms with Crippen LogP contribution < -0.4 is 0 Å². The summed E-state index contributed by atoms with van der Waals surface area (Å²) in [5, 5.41) is 0. The minimum absolute atomic E-state index is 0.104. The lowest BCUT2D eigenvalue weighted by Crippen LogP contribution is -2.29. The predicted octanol–water partition coefficient (Wildman–Crippen LogP) is 0.742. The molecule has 2 aliphatic rings. The normalized spacial score (nSPS) is 23.5. The summed E-state index contributed by atoms with van der Waals surface area (Å²) in [5.41, 5.74) is 0. The van der Waals surface area contributed by atoms with Crippen molar-refractivity contribution in [1.29, 1.82) is 0 Å². The van der Waals surface area contributed by atoms with Gasteiger partial charge in [0, 0.05) is 6.54 Å². The Hall–Kier alpha value is -1.06. The van der Waals surface area contributed by atoms with Crippen molar-refractivity contribution in [2.45, 2.75) is 6.92 Å². The first-order chi connectivity index (χ1) is 9.10. The fourth-order valence-electron chi connectivity index (χ4n) is 1.59. The zero-order valence-corrected chi connectivity index (χ0v) is 12.4. The summed E-state index contributed by atoms with van der Waals surface area (Å²) in [4.78, 5) is 37.8. The van der Waals surface area contributed by atoms with E-state index in [0.717, 1.165) is 11.8 Å². The molecule has 0 saturated carbocycles. The summed E-state index contributed by atoms with van der Waals surface area (Å²) >= 11 is 7.49. The number of thiocarbonyl (C=S) groups is 1. The lowest BCUT2D eigenvalue weighted by Gasteiger charge is -2.11. The zero-order chi connectivity index (χ0) is 14.0. The van der Waals surface area contributed by atoms with E-state index in [1.165, 1.54) is 21.6 Å². The van der Waals surface area contributed by atoms with Gasteiger partial charge in [0.1, 0.15) is 4.32 Å². The fraction of sp³-hybridized carbons (Fsp3) is 0.400. The number of nitrogens with zero attached hydrogens (tertiary/aromatic N) is 2. The molecule has 2 aliphatic heterocycles. The van der Waals surface area contributed by atoms with Crippen LogP contribution in [-0.4, -0.2) is 51.6 Å². The largest absolute Gasteiger partial charge is 0.446 e. The third kappa shape index (κ3) is 2.63. The second-order valence-electron chi connectivity index (χ2n) is 3.59. The molecule has 0 aliphatic carbocycles. The number of amides is 2. The number of thioether (sulfide) groups is 2. The molecule has 0 bridgehead atoms. The molecule has 102 valence electrons. The molecule has 0 aromatic rings. The van der Waals surface area contributed by atoms with E-state index in [9.17, 15) is 14.4 Å². The Morgan fingerprint density at radius 3 is 2.68 bits per heavy atom. The van der Waals surface area contributed by atoms with Crippen molar-refractivity contribution in [3.8, 4) is 0 Å². The predicted molar refractivity (Wildman–Crippen MR) is 75.9 cm³/mol. The van der Waals surface area contributed by atoms with Gasteiger partial charge in [-0.05, 0) is 6.92 Å². The summed E-state index contributed by atoms with van der Waals surface area (Å²) in [5.74, 6) is -0.173. The molecule has 0 aromatic carbocycles. The van der Waals surface area contributed by atoms with Gasteiger partial charge in [0.05, 0.1) is 15.7 Å². The van der Waals surface area contributed by atoms with Crippen molar-refractivity contribution in [3.05, 3.63) is 9.81 Å². The Morgan fingerprint density at radius 2 is 2.11 bits per heavy atom. The highest BCUT2D eigenvalue weighted by Crippen LogP contribution is 2.40. The van der Waals surface area contributed by atoms with Crippen LogP contribution in [0, 0.1) is 0 Å². The van der Waals surface area contributed by atoms with Crippen molar-refractivity contribution >= 4 is 58.3 Å². The standard InChI is InChI=1S/C10H10N2O4S3/c1-2-12-9(15)7(19-10(12)17)6-8(14)11(4-18-6)3-16-5-13/h5H,2-4H2,1H3/b7-6+. The Kier molecular flexibility index (Phi) is 4.48. The van der Waals surface area contributed by atoms with E-state index >= 15 is 0 Å². The lowest BCUT2D eigenvalue weighted by molar-refractivity contribution is -0.139. The van der Waals surface area contributed by atoms with Crippen LogP contribution in [0.4, 0.5) is 0 Å². The molecule has 2 rings (SSSR count). The molecule has 2 heterocycles. The van der Waals surface area contributed by atoms with Gasteiger partial charge in [-0.15, -0.1) is 0 Å². The third-order valence-electron chi connectivity index (χ3n) is 2.52. The number of hydrogen-bond acceptors (Lipinski definition) is 7. The molecule has 2 fully saturated rings. The monoisotopic (exact) mass is 318 g/mol. The Morgan fingerprint density at radius 1 is 1.37 bits per heavy atom. The van der Waals surface area contributed by atoms with Crippen LogP contribution in [0.3, 0.4) is 0 Å². The number of likely N-dealkylation sites (N-methyl/N-ethyl adjacent to an activating group) is 1. The van der Waals surface area contributed by atoms with Crippen molar-refractivity contribution in [2.24, 2.45) is 0 Å². The summed E-state index contributed by atoms with van der Waals surface area (Å²) in [6, 6.07) is 0. The van der Waals surface area contributed by atoms with Crippen molar-refractivity contribution in [2.75, 3.05) is 19.2 Å². The van der Waals surface area contributed by atoms with Gasteiger partial charge >= 0.3 is 0 Å². The molecule has 0 spiro atoms. The maximum absolute atomic E-state index is 12.1. The first kappa shape index (κ1) is 14.4. The average Bonchev–Trinajstić information content (AvgIpc) is 2.88. The van der Waals surface area contributed by atoms with Crippen LogP contribution in [-0.2, 0) is 19.1 Å². The quantitative estimate of drug-likeness (QED) is 0.430. The summed E-state index contributed by atoms with van der Waals surface area (Å²) in [6.45, 7) is 2.49. The summed E-state index contributed by atoms with van der Waals surface area (Å²) in [6.07, 6.45) is 0. The molecule has 19 heavy (non-hydrogen) atoms. The van der Waals surface area contributed by atoms with Crippen molar-refractivity contribution in [3.63, 3.8) is 0 Å². The van der Waals surface area contributed by atoms with Crippen LogP contribution >= 0.6 is 35.7 Å². The maximum Gasteiger partial charge on any atom is 0.294 e. The molecule has 6 nitrogen and oxygen atoms in total. The zero-order valence-electron chi connectivity index (χ0n) is 9.95. The highest BCUT2D eigenvalue weighted by atomic mass is 32.2. The van der Waals surface area contributed by atoms with Gasteiger partial charge in [0.2, 0.25) is 0 Å². The third-order valence-corrected chi connectivity index (χ3v) is 5.20. The molecule has 0 N–H and O–H groups in total. The molecule has 0 atom stereocenters. The van der Waals surface area contributed by atoms with Crippen LogP contribution in [0.5, 0.6) is 0 Å². The van der Waals surface area contributed by atoms with Gasteiger partial charge < -0.3 is 4.74 Å². The number of rotatable bonds is 4. The molecule has 0 unspecified atom stereocenters. The average molecular weight is 318 g/mol. The minimum atomic E-state index is -0.302. The van der Waals surface area contributed by atoms with E-state index in [1.807, 2.05) is 6.92 Å². The first-order valence-electron chi connectivity index (χ1n) is 5.35. The molecule has 0 radical (unpaired) electrons. The second-order valence-corrected chi connectivity index (χ2v) is 6.19. The van der Waals surface area contributed by atoms with E-state index in [4.69, 9.17) is 12.2 Å². The highest BCUT2D eigenvalue weighted by molar-refractivity contribution is 8.27. The number of carbonyl (C=O) groups is 3. The summed E-state index contributed by atoms with van der Waals surface area (Å²) < 4.78 is 5.01. The molecular weight excluding hydrogens is 308 g/mol. The molecular formula is C10H10N2O4S3. The maximum atomic E-state index is 12.1. The fourth-order valence-corrected chi connectivity index (χ4v) is 4.18. The van der Waals surface area contributed by atoms with Crippen LogP contribution in [0.15, 0.2) is 9.81 Å². The summed E-state index contributed by atoms with van der Waals surface area (Å²) in [7, 11) is 0. The van der Waals surface area contributed by atoms with Gasteiger partial charge in [-0.25, -0.2) is 0 Å². The second kappa shape index (κ2) is 5.93. The number of carbonyl (C=O) groups excluding carboxylic acids is 3. The Labute approximate surface area is 123 Å². The first-order valence-corrected chi connectivity index (χ1v) is 7.56. The van der Waals surface area contributed by atoms with Crippen LogP contribution in [0.1, 0.15) is 6.92 Å². The van der Waals surface area contributed by atoms with E-state index in [0.29, 0.717) is 26.6 Å². The van der Waals surface area contributed by atoms with Crippen LogP contribution in [0.2, 0.25) is 0 Å². The Bertz CT molecular complexity index is 491. The van der Waals surface area contributed by atoms with Gasteiger partial charge in [0.25, 0.3) is 18.3 Å². The van der Waals surface area contributed by atoms with Gasteiger partial charge in [0.15, 0.2) is 6.73 Å². The minimum Gasteiger partial charge on any atom is -0.446 e. The van der Waals surface area contributed by atoms with Gasteiger partial charge in [-0.3, -0.25) is 24.2 Å². The topological polar surface area (TPSA) is 66.9 Å². The van der Waals surface area contributed by atoms with Gasteiger partial charge in [-0.1, -0.05) is 35.7 Å². The smallest absolute Gasteiger partial charge is 0.294 e. The highest BCUT2D eigenvalue weighted by Gasteiger charge is 2.39. The van der Waals surface area contributed by atoms with Crippen molar-refractivity contribution in [1.82, 2.24) is 9.80 Å². The van der Waals surface area contributed by atoms with E-state index in [2.05, 4.69) is 4.74 Å². The van der Waals surface area contributed by atoms with E-state index < -0.39 is 0 Å². The van der Waals surface area contributed by atoms with E-state index in [1.54, 1.807) is 0 Å². The van der Waals surface area contributed by atoms with Crippen LogP contribution in [0.25, 0.3) is 0 Å². The Balaban J connectivity index is 2.20. The van der Waals surface area contributed by atoms with Crippen molar-refractivity contribution < 1.29 is 19.1 Å². The SMILES string of the molecule is CCN1C(=O)/C(=C2\SCN(COC=O)C2=O)SC1=S.